The molecule has 0 spiro atoms. The van der Waals surface area contributed by atoms with Crippen LogP contribution in [0.3, 0.4) is 0 Å². The zero-order valence-electron chi connectivity index (χ0n) is 11.5. The van der Waals surface area contributed by atoms with Gasteiger partial charge in [0.25, 0.3) is 0 Å². The molecule has 1 aliphatic rings. The summed E-state index contributed by atoms with van der Waals surface area (Å²) in [6.45, 7) is 0.529. The molecule has 1 aromatic carbocycles. The lowest BCUT2D eigenvalue weighted by atomic mass is 9.98. The first-order chi connectivity index (χ1) is 9.77. The Kier molecular flexibility index (Phi) is 4.85. The van der Waals surface area contributed by atoms with Crippen molar-refractivity contribution >= 4 is 33.2 Å². The molecule has 1 amide bonds. The Balaban J connectivity index is 2.08. The van der Waals surface area contributed by atoms with E-state index in [-0.39, 0.29) is 12.2 Å². The van der Waals surface area contributed by atoms with Crippen LogP contribution in [-0.4, -0.2) is 38.0 Å². The lowest BCUT2D eigenvalue weighted by Gasteiger charge is -2.30. The second kappa shape index (κ2) is 6.29. The normalized spacial score (nSPS) is 20.2. The van der Waals surface area contributed by atoms with Crippen molar-refractivity contribution in [1.29, 1.82) is 0 Å². The highest BCUT2D eigenvalue weighted by molar-refractivity contribution is 7.88. The van der Waals surface area contributed by atoms with Crippen LogP contribution in [0.4, 0.5) is 10.1 Å². The molecule has 2 rings (SSSR count). The summed E-state index contributed by atoms with van der Waals surface area (Å²) in [4.78, 5) is 12.2. The van der Waals surface area contributed by atoms with Gasteiger partial charge >= 0.3 is 0 Å². The summed E-state index contributed by atoms with van der Waals surface area (Å²) in [5, 5.41) is 2.79. The molecule has 21 heavy (non-hydrogen) atoms. The number of nitrogens with zero attached hydrogens (tertiary/aromatic N) is 1. The first kappa shape index (κ1) is 16.2. The number of carbonyl (C=O) groups is 1. The largest absolute Gasteiger partial charge is 0.323 e. The number of anilines is 1. The number of nitrogens with one attached hydrogen (secondary N) is 1. The zero-order valence-corrected chi connectivity index (χ0v) is 13.0. The molecule has 0 saturated carbocycles. The Labute approximate surface area is 128 Å². The summed E-state index contributed by atoms with van der Waals surface area (Å²) in [6, 6.07) is 3.88. The molecule has 0 aromatic heterocycles. The number of rotatable bonds is 3. The number of hydrogen-bond donors (Lipinski definition) is 1. The molecule has 5 nitrogen and oxygen atoms in total. The summed E-state index contributed by atoms with van der Waals surface area (Å²) in [5.41, 5.74) is 0.00368. The minimum atomic E-state index is -3.32. The van der Waals surface area contributed by atoms with Crippen molar-refractivity contribution in [3.05, 3.63) is 29.0 Å². The summed E-state index contributed by atoms with van der Waals surface area (Å²) in [5.74, 6) is -1.47. The van der Waals surface area contributed by atoms with Crippen molar-refractivity contribution in [2.24, 2.45) is 5.92 Å². The Hall–Kier alpha value is -1.18. The van der Waals surface area contributed by atoms with E-state index in [1.807, 2.05) is 0 Å². The predicted octanol–water partition coefficient (Wildman–Crippen LogP) is 2.09. The summed E-state index contributed by atoms with van der Waals surface area (Å²) in [7, 11) is -3.32. The minimum Gasteiger partial charge on any atom is -0.323 e. The third-order valence-corrected chi connectivity index (χ3v) is 4.91. The molecule has 8 heteroatoms. The van der Waals surface area contributed by atoms with Crippen molar-refractivity contribution in [3.8, 4) is 0 Å². The molecule has 116 valence electrons. The molecule has 1 atom stereocenters. The van der Waals surface area contributed by atoms with E-state index < -0.39 is 27.7 Å². The SMILES string of the molecule is CS(=O)(=O)N1CCCC(C(=O)Nc2cc(Cl)ccc2F)C1. The van der Waals surface area contributed by atoms with Crippen LogP contribution in [0.15, 0.2) is 18.2 Å². The molecule has 1 aliphatic heterocycles. The van der Waals surface area contributed by atoms with E-state index >= 15 is 0 Å². The summed E-state index contributed by atoms with van der Waals surface area (Å²) < 4.78 is 37.9. The molecule has 1 heterocycles. The molecule has 1 N–H and O–H groups in total. The van der Waals surface area contributed by atoms with Crippen LogP contribution in [0.5, 0.6) is 0 Å². The number of halogens is 2. The van der Waals surface area contributed by atoms with Gasteiger partial charge in [0.2, 0.25) is 15.9 Å². The van der Waals surface area contributed by atoms with Gasteiger partial charge < -0.3 is 5.32 Å². The fourth-order valence-corrected chi connectivity index (χ4v) is 3.37. The van der Waals surface area contributed by atoms with Gasteiger partial charge in [-0.1, -0.05) is 11.6 Å². The van der Waals surface area contributed by atoms with Crippen molar-refractivity contribution in [3.63, 3.8) is 0 Å². The van der Waals surface area contributed by atoms with Crippen molar-refractivity contribution < 1.29 is 17.6 Å². The van der Waals surface area contributed by atoms with Crippen LogP contribution in [0.2, 0.25) is 5.02 Å². The highest BCUT2D eigenvalue weighted by Crippen LogP contribution is 2.23. The maximum absolute atomic E-state index is 13.6. The van der Waals surface area contributed by atoms with E-state index in [4.69, 9.17) is 11.6 Å². The van der Waals surface area contributed by atoms with Gasteiger partial charge in [-0.05, 0) is 31.0 Å². The first-order valence-corrected chi connectivity index (χ1v) is 8.71. The number of piperidine rings is 1. The molecule has 1 fully saturated rings. The number of sulfonamides is 1. The quantitative estimate of drug-likeness (QED) is 0.920. The topological polar surface area (TPSA) is 66.5 Å². The maximum Gasteiger partial charge on any atom is 0.228 e. The third-order valence-electron chi connectivity index (χ3n) is 3.41. The van der Waals surface area contributed by atoms with E-state index in [9.17, 15) is 17.6 Å². The van der Waals surface area contributed by atoms with Gasteiger partial charge in [-0.2, -0.15) is 0 Å². The van der Waals surface area contributed by atoms with Gasteiger partial charge in [-0.3, -0.25) is 4.79 Å². The van der Waals surface area contributed by atoms with Crippen LogP contribution in [-0.2, 0) is 14.8 Å². The maximum atomic E-state index is 13.6. The van der Waals surface area contributed by atoms with Crippen molar-refractivity contribution in [2.45, 2.75) is 12.8 Å². The summed E-state index contributed by atoms with van der Waals surface area (Å²) >= 11 is 5.76. The Morgan fingerprint density at radius 3 is 2.86 bits per heavy atom. The number of amides is 1. The van der Waals surface area contributed by atoms with Gasteiger partial charge in [-0.25, -0.2) is 17.1 Å². The van der Waals surface area contributed by atoms with Crippen LogP contribution in [0.25, 0.3) is 0 Å². The van der Waals surface area contributed by atoms with E-state index in [1.165, 1.54) is 22.5 Å². The monoisotopic (exact) mass is 334 g/mol. The number of benzene rings is 1. The lowest BCUT2D eigenvalue weighted by molar-refractivity contribution is -0.120. The van der Waals surface area contributed by atoms with E-state index in [1.54, 1.807) is 0 Å². The van der Waals surface area contributed by atoms with Gasteiger partial charge in [0, 0.05) is 18.1 Å². The lowest BCUT2D eigenvalue weighted by Crippen LogP contribution is -2.43. The van der Waals surface area contributed by atoms with Crippen LogP contribution >= 0.6 is 11.6 Å². The second-order valence-electron chi connectivity index (χ2n) is 5.07. The molecule has 1 saturated heterocycles. The molecule has 0 bridgehead atoms. The minimum absolute atomic E-state index is 0.00368. The number of carbonyl (C=O) groups excluding carboxylic acids is 1. The van der Waals surface area contributed by atoms with E-state index in [0.717, 1.165) is 6.26 Å². The van der Waals surface area contributed by atoms with Crippen molar-refractivity contribution in [1.82, 2.24) is 4.31 Å². The number of hydrogen-bond acceptors (Lipinski definition) is 3. The van der Waals surface area contributed by atoms with Gasteiger partial charge in [0.15, 0.2) is 0 Å². The highest BCUT2D eigenvalue weighted by Gasteiger charge is 2.30. The van der Waals surface area contributed by atoms with Crippen LogP contribution in [0.1, 0.15) is 12.8 Å². The summed E-state index contributed by atoms with van der Waals surface area (Å²) in [6.07, 6.45) is 2.28. The average molecular weight is 335 g/mol. The van der Waals surface area contributed by atoms with Gasteiger partial charge in [0.1, 0.15) is 5.82 Å². The second-order valence-corrected chi connectivity index (χ2v) is 7.49. The third kappa shape index (κ3) is 4.15. The fourth-order valence-electron chi connectivity index (χ4n) is 2.29. The molecule has 1 aromatic rings. The molecular formula is C13H16ClFN2O3S. The van der Waals surface area contributed by atoms with Gasteiger partial charge in [0.05, 0.1) is 17.9 Å². The highest BCUT2D eigenvalue weighted by atomic mass is 35.5. The van der Waals surface area contributed by atoms with E-state index in [2.05, 4.69) is 5.32 Å². The smallest absolute Gasteiger partial charge is 0.228 e. The average Bonchev–Trinajstić information content (AvgIpc) is 2.42. The molecule has 1 unspecified atom stereocenters. The predicted molar refractivity (Wildman–Crippen MR) is 79.2 cm³/mol. The molecule has 0 radical (unpaired) electrons. The first-order valence-electron chi connectivity index (χ1n) is 6.48. The molecule has 0 aliphatic carbocycles. The van der Waals surface area contributed by atoms with Gasteiger partial charge in [-0.15, -0.1) is 0 Å². The van der Waals surface area contributed by atoms with E-state index in [0.29, 0.717) is 24.4 Å². The Morgan fingerprint density at radius 2 is 2.19 bits per heavy atom. The standard InChI is InChI=1S/C13H16ClFN2O3S/c1-21(19,20)17-6-2-3-9(8-17)13(18)16-12-7-10(14)4-5-11(12)15/h4-5,7,9H,2-3,6,8H2,1H3,(H,16,18). The Morgan fingerprint density at radius 1 is 1.48 bits per heavy atom. The van der Waals surface area contributed by atoms with Crippen LogP contribution in [0, 0.1) is 11.7 Å². The Bertz CT molecular complexity index is 651. The molecular weight excluding hydrogens is 319 g/mol. The van der Waals surface area contributed by atoms with Crippen molar-refractivity contribution in [2.75, 3.05) is 24.7 Å². The fraction of sp³-hybridized carbons (Fsp3) is 0.462. The van der Waals surface area contributed by atoms with Crippen LogP contribution < -0.4 is 5.32 Å². The zero-order chi connectivity index (χ0) is 15.6.